The number of benzene rings is 1. The first-order valence-electron chi connectivity index (χ1n) is 4.58. The number of rotatable bonds is 1. The molecule has 0 aliphatic carbocycles. The van der Waals surface area contributed by atoms with Crippen molar-refractivity contribution in [2.24, 2.45) is 0 Å². The summed E-state index contributed by atoms with van der Waals surface area (Å²) in [4.78, 5) is 1.91. The first-order chi connectivity index (χ1) is 6.77. The normalized spacial score (nSPS) is 17.1. The van der Waals surface area contributed by atoms with Crippen LogP contribution in [0, 0.1) is 5.82 Å². The molecular formula is C10H12FNO2. The van der Waals surface area contributed by atoms with E-state index in [1.807, 2.05) is 4.90 Å². The van der Waals surface area contributed by atoms with Gasteiger partial charge in [0.25, 0.3) is 0 Å². The second kappa shape index (κ2) is 3.84. The van der Waals surface area contributed by atoms with E-state index in [9.17, 15) is 4.39 Å². The Bertz CT molecular complexity index is 324. The molecule has 1 aromatic carbocycles. The highest BCUT2D eigenvalue weighted by molar-refractivity contribution is 5.50. The van der Waals surface area contributed by atoms with Crippen LogP contribution in [0.5, 0.6) is 5.75 Å². The summed E-state index contributed by atoms with van der Waals surface area (Å²) in [6.45, 7) is 2.64. The molecule has 0 atom stereocenters. The van der Waals surface area contributed by atoms with Crippen molar-refractivity contribution in [2.45, 2.75) is 0 Å². The largest absolute Gasteiger partial charge is 0.508 e. The van der Waals surface area contributed by atoms with Gasteiger partial charge in [0.05, 0.1) is 18.9 Å². The minimum Gasteiger partial charge on any atom is -0.508 e. The van der Waals surface area contributed by atoms with Gasteiger partial charge >= 0.3 is 0 Å². The molecule has 1 saturated heterocycles. The third-order valence-corrected chi connectivity index (χ3v) is 2.28. The number of halogens is 1. The number of anilines is 1. The zero-order chi connectivity index (χ0) is 9.97. The van der Waals surface area contributed by atoms with Crippen LogP contribution >= 0.6 is 0 Å². The molecule has 0 amide bonds. The van der Waals surface area contributed by atoms with E-state index in [2.05, 4.69) is 0 Å². The van der Waals surface area contributed by atoms with Crippen molar-refractivity contribution in [3.05, 3.63) is 24.0 Å². The lowest BCUT2D eigenvalue weighted by Crippen LogP contribution is -2.36. The average molecular weight is 197 g/mol. The van der Waals surface area contributed by atoms with Crippen LogP contribution in [-0.4, -0.2) is 31.4 Å². The molecule has 3 nitrogen and oxygen atoms in total. The molecule has 1 fully saturated rings. The first-order valence-corrected chi connectivity index (χ1v) is 4.58. The Morgan fingerprint density at radius 2 is 2.00 bits per heavy atom. The number of nitrogens with zero attached hydrogens (tertiary/aromatic N) is 1. The lowest BCUT2D eigenvalue weighted by atomic mass is 10.2. The third-order valence-electron chi connectivity index (χ3n) is 2.28. The fraction of sp³-hybridized carbons (Fsp3) is 0.400. The number of phenols is 1. The molecule has 14 heavy (non-hydrogen) atoms. The van der Waals surface area contributed by atoms with E-state index >= 15 is 0 Å². The van der Waals surface area contributed by atoms with Crippen molar-refractivity contribution in [3.63, 3.8) is 0 Å². The SMILES string of the molecule is Oc1ccc(N2CCOCC2)c(F)c1. The van der Waals surface area contributed by atoms with E-state index in [4.69, 9.17) is 9.84 Å². The van der Waals surface area contributed by atoms with E-state index in [-0.39, 0.29) is 11.6 Å². The number of ether oxygens (including phenoxy) is 1. The first kappa shape index (κ1) is 9.27. The van der Waals surface area contributed by atoms with E-state index in [1.54, 1.807) is 6.07 Å². The predicted octanol–water partition coefficient (Wildman–Crippen LogP) is 1.37. The fourth-order valence-corrected chi connectivity index (χ4v) is 1.56. The number of aromatic hydroxyl groups is 1. The smallest absolute Gasteiger partial charge is 0.150 e. The molecular weight excluding hydrogens is 185 g/mol. The lowest BCUT2D eigenvalue weighted by molar-refractivity contribution is 0.122. The van der Waals surface area contributed by atoms with Gasteiger partial charge in [0.2, 0.25) is 0 Å². The molecule has 1 heterocycles. The zero-order valence-electron chi connectivity index (χ0n) is 7.74. The quantitative estimate of drug-likeness (QED) is 0.738. The highest BCUT2D eigenvalue weighted by Crippen LogP contribution is 2.23. The predicted molar refractivity (Wildman–Crippen MR) is 51.1 cm³/mol. The molecule has 1 aliphatic rings. The van der Waals surface area contributed by atoms with Gasteiger partial charge in [-0.3, -0.25) is 0 Å². The van der Waals surface area contributed by atoms with Crippen LogP contribution in [0.15, 0.2) is 18.2 Å². The van der Waals surface area contributed by atoms with Crippen molar-refractivity contribution in [1.29, 1.82) is 0 Å². The number of phenolic OH excluding ortho intramolecular Hbond substituents is 1. The molecule has 1 aromatic rings. The Hall–Kier alpha value is -1.29. The summed E-state index contributed by atoms with van der Waals surface area (Å²) in [5, 5.41) is 9.05. The Morgan fingerprint density at radius 3 is 2.64 bits per heavy atom. The minimum atomic E-state index is -0.383. The van der Waals surface area contributed by atoms with Crippen LogP contribution in [0.4, 0.5) is 10.1 Å². The van der Waals surface area contributed by atoms with Gasteiger partial charge in [-0.1, -0.05) is 0 Å². The van der Waals surface area contributed by atoms with Gasteiger partial charge < -0.3 is 14.7 Å². The Balaban J connectivity index is 2.22. The summed E-state index contributed by atoms with van der Waals surface area (Å²) in [7, 11) is 0. The van der Waals surface area contributed by atoms with E-state index in [1.165, 1.54) is 6.07 Å². The van der Waals surface area contributed by atoms with Crippen molar-refractivity contribution < 1.29 is 14.2 Å². The molecule has 76 valence electrons. The number of hydrogen-bond acceptors (Lipinski definition) is 3. The summed E-state index contributed by atoms with van der Waals surface area (Å²) < 4.78 is 18.6. The van der Waals surface area contributed by atoms with E-state index in [0.29, 0.717) is 32.0 Å². The van der Waals surface area contributed by atoms with Crippen molar-refractivity contribution in [2.75, 3.05) is 31.2 Å². The fourth-order valence-electron chi connectivity index (χ4n) is 1.56. The zero-order valence-corrected chi connectivity index (χ0v) is 7.74. The Morgan fingerprint density at radius 1 is 1.29 bits per heavy atom. The standard InChI is InChI=1S/C10H12FNO2/c11-9-7-8(13)1-2-10(9)12-3-5-14-6-4-12/h1-2,7,13H,3-6H2. The van der Waals surface area contributed by atoms with Gasteiger partial charge in [0.15, 0.2) is 0 Å². The molecule has 4 heteroatoms. The topological polar surface area (TPSA) is 32.7 Å². The highest BCUT2D eigenvalue weighted by atomic mass is 19.1. The summed E-state index contributed by atoms with van der Waals surface area (Å²) >= 11 is 0. The Kier molecular flexibility index (Phi) is 2.54. The van der Waals surface area contributed by atoms with E-state index < -0.39 is 0 Å². The second-order valence-corrected chi connectivity index (χ2v) is 3.24. The van der Waals surface area contributed by atoms with Crippen molar-refractivity contribution in [3.8, 4) is 5.75 Å². The van der Waals surface area contributed by atoms with Crippen LogP contribution in [0.1, 0.15) is 0 Å². The maximum atomic E-state index is 13.4. The monoisotopic (exact) mass is 197 g/mol. The van der Waals surface area contributed by atoms with Gasteiger partial charge in [-0.2, -0.15) is 0 Å². The van der Waals surface area contributed by atoms with Gasteiger partial charge in [-0.05, 0) is 12.1 Å². The van der Waals surface area contributed by atoms with Crippen LogP contribution in [0.25, 0.3) is 0 Å². The molecule has 0 spiro atoms. The maximum Gasteiger partial charge on any atom is 0.150 e. The van der Waals surface area contributed by atoms with Crippen LogP contribution in [0.2, 0.25) is 0 Å². The lowest BCUT2D eigenvalue weighted by Gasteiger charge is -2.29. The molecule has 2 rings (SSSR count). The average Bonchev–Trinajstić information content (AvgIpc) is 2.19. The molecule has 1 N–H and O–H groups in total. The molecule has 1 aliphatic heterocycles. The molecule has 0 radical (unpaired) electrons. The summed E-state index contributed by atoms with van der Waals surface area (Å²) in [5.41, 5.74) is 0.533. The van der Waals surface area contributed by atoms with E-state index in [0.717, 1.165) is 6.07 Å². The number of hydrogen-bond donors (Lipinski definition) is 1. The second-order valence-electron chi connectivity index (χ2n) is 3.24. The van der Waals surface area contributed by atoms with Crippen LogP contribution in [0.3, 0.4) is 0 Å². The summed E-state index contributed by atoms with van der Waals surface area (Å²) in [6.07, 6.45) is 0. The molecule has 0 unspecified atom stereocenters. The van der Waals surface area contributed by atoms with Gasteiger partial charge in [-0.15, -0.1) is 0 Å². The van der Waals surface area contributed by atoms with Gasteiger partial charge in [0, 0.05) is 19.2 Å². The van der Waals surface area contributed by atoms with Gasteiger partial charge in [0.1, 0.15) is 11.6 Å². The number of morpholine rings is 1. The molecule has 0 bridgehead atoms. The summed E-state index contributed by atoms with van der Waals surface area (Å²) in [6, 6.07) is 4.22. The minimum absolute atomic E-state index is 0.0421. The molecule has 0 saturated carbocycles. The Labute approximate surface area is 81.7 Å². The third kappa shape index (κ3) is 1.80. The van der Waals surface area contributed by atoms with Gasteiger partial charge in [-0.25, -0.2) is 4.39 Å². The summed E-state index contributed by atoms with van der Waals surface area (Å²) in [5.74, 6) is -0.425. The highest BCUT2D eigenvalue weighted by Gasteiger charge is 2.14. The van der Waals surface area contributed by atoms with Crippen molar-refractivity contribution >= 4 is 5.69 Å². The maximum absolute atomic E-state index is 13.4. The molecule has 0 aromatic heterocycles. The van der Waals surface area contributed by atoms with Crippen molar-refractivity contribution in [1.82, 2.24) is 0 Å². The van der Waals surface area contributed by atoms with Crippen LogP contribution in [-0.2, 0) is 4.74 Å². The van der Waals surface area contributed by atoms with Crippen LogP contribution < -0.4 is 4.90 Å².